The molecule has 1 aromatic rings. The average Bonchev–Trinajstić information content (AvgIpc) is 2.54. The SMILES string of the molecule is CC(C(=O)N1CCC(Oc2ccc([N+](=O)[O-])cc2)CC1)C1CNC1.Cl. The minimum absolute atomic E-state index is 0. The Morgan fingerprint density at radius 1 is 1.28 bits per heavy atom. The summed E-state index contributed by atoms with van der Waals surface area (Å²) in [7, 11) is 0. The van der Waals surface area contributed by atoms with E-state index in [0.29, 0.717) is 24.8 Å². The summed E-state index contributed by atoms with van der Waals surface area (Å²) >= 11 is 0. The maximum Gasteiger partial charge on any atom is 0.269 e. The molecule has 1 aromatic carbocycles. The summed E-state index contributed by atoms with van der Waals surface area (Å²) in [5.74, 6) is 1.43. The van der Waals surface area contributed by atoms with Crippen LogP contribution in [-0.4, -0.2) is 48.0 Å². The number of rotatable bonds is 5. The van der Waals surface area contributed by atoms with Crippen LogP contribution in [0.5, 0.6) is 5.75 Å². The molecule has 2 fully saturated rings. The van der Waals surface area contributed by atoms with Crippen LogP contribution in [0, 0.1) is 22.0 Å². The van der Waals surface area contributed by atoms with Gasteiger partial charge in [-0.25, -0.2) is 0 Å². The van der Waals surface area contributed by atoms with Gasteiger partial charge in [0.05, 0.1) is 4.92 Å². The number of piperidine rings is 1. The molecule has 25 heavy (non-hydrogen) atoms. The molecular formula is C17H24ClN3O4. The molecule has 0 aliphatic carbocycles. The molecule has 2 saturated heterocycles. The topological polar surface area (TPSA) is 84.7 Å². The maximum absolute atomic E-state index is 12.5. The highest BCUT2D eigenvalue weighted by Gasteiger charge is 2.33. The fourth-order valence-corrected chi connectivity index (χ4v) is 3.19. The van der Waals surface area contributed by atoms with E-state index in [1.54, 1.807) is 12.1 Å². The molecule has 3 rings (SSSR count). The molecule has 2 heterocycles. The molecule has 7 nitrogen and oxygen atoms in total. The van der Waals surface area contributed by atoms with Gasteiger partial charge in [0.15, 0.2) is 0 Å². The lowest BCUT2D eigenvalue weighted by Crippen LogP contribution is -2.52. The first-order valence-electron chi connectivity index (χ1n) is 8.45. The zero-order chi connectivity index (χ0) is 17.1. The molecule has 0 radical (unpaired) electrons. The van der Waals surface area contributed by atoms with E-state index in [9.17, 15) is 14.9 Å². The van der Waals surface area contributed by atoms with Crippen molar-refractivity contribution in [3.63, 3.8) is 0 Å². The van der Waals surface area contributed by atoms with Gasteiger partial charge < -0.3 is 15.0 Å². The summed E-state index contributed by atoms with van der Waals surface area (Å²) in [6.07, 6.45) is 1.63. The molecule has 0 aromatic heterocycles. The van der Waals surface area contributed by atoms with Gasteiger partial charge in [-0.05, 0) is 31.1 Å². The molecule has 0 spiro atoms. The summed E-state index contributed by atoms with van der Waals surface area (Å²) in [5.41, 5.74) is 0.0576. The number of amides is 1. The number of nitrogens with one attached hydrogen (secondary N) is 1. The average molecular weight is 370 g/mol. The van der Waals surface area contributed by atoms with Crippen molar-refractivity contribution >= 4 is 24.0 Å². The number of halogens is 1. The lowest BCUT2D eigenvalue weighted by molar-refractivity contribution is -0.384. The molecule has 1 atom stereocenters. The summed E-state index contributed by atoms with van der Waals surface area (Å²) in [4.78, 5) is 24.7. The van der Waals surface area contributed by atoms with Gasteiger partial charge in [0.25, 0.3) is 5.69 Å². The Morgan fingerprint density at radius 3 is 2.36 bits per heavy atom. The molecule has 2 aliphatic rings. The van der Waals surface area contributed by atoms with Crippen molar-refractivity contribution in [2.45, 2.75) is 25.9 Å². The number of non-ortho nitro benzene ring substituents is 1. The zero-order valence-electron chi connectivity index (χ0n) is 14.2. The number of hydrogen-bond acceptors (Lipinski definition) is 5. The quantitative estimate of drug-likeness (QED) is 0.635. The summed E-state index contributed by atoms with van der Waals surface area (Å²) in [6, 6.07) is 6.15. The third kappa shape index (κ3) is 4.61. The van der Waals surface area contributed by atoms with Gasteiger partial charge in [0.1, 0.15) is 11.9 Å². The highest BCUT2D eigenvalue weighted by atomic mass is 35.5. The number of nitrogens with zero attached hydrogens (tertiary/aromatic N) is 2. The van der Waals surface area contributed by atoms with Gasteiger partial charge in [-0.15, -0.1) is 12.4 Å². The van der Waals surface area contributed by atoms with Crippen molar-refractivity contribution in [3.05, 3.63) is 34.4 Å². The van der Waals surface area contributed by atoms with E-state index in [1.807, 2.05) is 11.8 Å². The Bertz CT molecular complexity index is 598. The van der Waals surface area contributed by atoms with Gasteiger partial charge in [0.2, 0.25) is 5.91 Å². The lowest BCUT2D eigenvalue weighted by Gasteiger charge is -2.38. The Kier molecular flexibility index (Phi) is 6.61. The molecule has 0 saturated carbocycles. The van der Waals surface area contributed by atoms with E-state index in [1.165, 1.54) is 12.1 Å². The van der Waals surface area contributed by atoms with Crippen LogP contribution in [0.1, 0.15) is 19.8 Å². The number of nitro groups is 1. The monoisotopic (exact) mass is 369 g/mol. The second-order valence-corrected chi connectivity index (χ2v) is 6.60. The predicted molar refractivity (Wildman–Crippen MR) is 96.1 cm³/mol. The third-order valence-corrected chi connectivity index (χ3v) is 5.01. The summed E-state index contributed by atoms with van der Waals surface area (Å²) in [5, 5.41) is 13.9. The third-order valence-electron chi connectivity index (χ3n) is 5.01. The predicted octanol–water partition coefficient (Wildman–Crippen LogP) is 2.24. The molecular weight excluding hydrogens is 346 g/mol. The van der Waals surface area contributed by atoms with Crippen LogP contribution in [0.4, 0.5) is 5.69 Å². The minimum Gasteiger partial charge on any atom is -0.490 e. The van der Waals surface area contributed by atoms with E-state index in [4.69, 9.17) is 4.74 Å². The molecule has 2 aliphatic heterocycles. The second kappa shape index (κ2) is 8.49. The highest BCUT2D eigenvalue weighted by molar-refractivity contribution is 5.85. The van der Waals surface area contributed by atoms with Gasteiger partial charge >= 0.3 is 0 Å². The first kappa shape index (κ1) is 19.5. The molecule has 8 heteroatoms. The number of hydrogen-bond donors (Lipinski definition) is 1. The van der Waals surface area contributed by atoms with Crippen molar-refractivity contribution in [3.8, 4) is 5.75 Å². The standard InChI is InChI=1S/C17H23N3O4.ClH/c1-12(13-10-18-11-13)17(21)19-8-6-16(7-9-19)24-15-4-2-14(3-5-15)20(22)23;/h2-5,12-13,16,18H,6-11H2,1H3;1H. The highest BCUT2D eigenvalue weighted by Crippen LogP contribution is 2.24. The largest absolute Gasteiger partial charge is 0.490 e. The van der Waals surface area contributed by atoms with Crippen LogP contribution >= 0.6 is 12.4 Å². The fourth-order valence-electron chi connectivity index (χ4n) is 3.19. The van der Waals surface area contributed by atoms with Crippen molar-refractivity contribution in [1.82, 2.24) is 10.2 Å². The summed E-state index contributed by atoms with van der Waals surface area (Å²) in [6.45, 7) is 5.31. The Balaban J connectivity index is 0.00000225. The smallest absolute Gasteiger partial charge is 0.269 e. The Hall–Kier alpha value is -1.86. The molecule has 0 bridgehead atoms. The van der Waals surface area contributed by atoms with Crippen molar-refractivity contribution in [1.29, 1.82) is 0 Å². The van der Waals surface area contributed by atoms with Gasteiger partial charge in [-0.1, -0.05) is 6.92 Å². The van der Waals surface area contributed by atoms with Crippen LogP contribution < -0.4 is 10.1 Å². The Morgan fingerprint density at radius 2 is 1.88 bits per heavy atom. The lowest BCUT2D eigenvalue weighted by atomic mass is 9.87. The first-order valence-corrected chi connectivity index (χ1v) is 8.45. The van der Waals surface area contributed by atoms with Crippen molar-refractivity contribution in [2.75, 3.05) is 26.2 Å². The van der Waals surface area contributed by atoms with Crippen LogP contribution in [0.2, 0.25) is 0 Å². The first-order chi connectivity index (χ1) is 11.5. The van der Waals surface area contributed by atoms with E-state index < -0.39 is 4.92 Å². The molecule has 1 N–H and O–H groups in total. The van der Waals surface area contributed by atoms with Crippen LogP contribution in [0.25, 0.3) is 0 Å². The van der Waals surface area contributed by atoms with E-state index in [0.717, 1.165) is 25.9 Å². The van der Waals surface area contributed by atoms with Crippen LogP contribution in [0.3, 0.4) is 0 Å². The Labute approximate surface area is 153 Å². The zero-order valence-corrected chi connectivity index (χ0v) is 15.0. The van der Waals surface area contributed by atoms with E-state index >= 15 is 0 Å². The van der Waals surface area contributed by atoms with Crippen LogP contribution in [0.15, 0.2) is 24.3 Å². The molecule has 1 amide bonds. The number of ether oxygens (including phenoxy) is 1. The molecule has 1 unspecified atom stereocenters. The van der Waals surface area contributed by atoms with Crippen molar-refractivity contribution in [2.24, 2.45) is 11.8 Å². The number of nitro benzene ring substituents is 1. The molecule has 138 valence electrons. The van der Waals surface area contributed by atoms with Crippen molar-refractivity contribution < 1.29 is 14.5 Å². The minimum atomic E-state index is -0.424. The maximum atomic E-state index is 12.5. The fraction of sp³-hybridized carbons (Fsp3) is 0.588. The number of carbonyl (C=O) groups excluding carboxylic acids is 1. The van der Waals surface area contributed by atoms with E-state index in [2.05, 4.69) is 5.32 Å². The van der Waals surface area contributed by atoms with Gasteiger partial charge in [0, 0.05) is 44.0 Å². The van der Waals surface area contributed by atoms with E-state index in [-0.39, 0.29) is 36.0 Å². The van der Waals surface area contributed by atoms with Crippen LogP contribution in [-0.2, 0) is 4.79 Å². The number of carbonyl (C=O) groups is 1. The van der Waals surface area contributed by atoms with Gasteiger partial charge in [-0.3, -0.25) is 14.9 Å². The number of likely N-dealkylation sites (tertiary alicyclic amines) is 1. The number of benzene rings is 1. The summed E-state index contributed by atoms with van der Waals surface area (Å²) < 4.78 is 5.89. The van der Waals surface area contributed by atoms with Gasteiger partial charge in [-0.2, -0.15) is 0 Å². The normalized spacial score (nSPS) is 19.5. The second-order valence-electron chi connectivity index (χ2n) is 6.60.